The summed E-state index contributed by atoms with van der Waals surface area (Å²) < 4.78 is 39.8. The Morgan fingerprint density at radius 1 is 0.660 bits per heavy atom. The average Bonchev–Trinajstić information content (AvgIpc) is 3.15. The molecule has 0 spiro atoms. The normalized spacial score (nSPS) is 20.7. The van der Waals surface area contributed by atoms with Crippen molar-refractivity contribution in [1.29, 1.82) is 0 Å². The first-order valence-electron chi connectivity index (χ1n) is 18.9. The number of benzene rings is 3. The van der Waals surface area contributed by atoms with Crippen molar-refractivity contribution < 1.29 is 18.3 Å². The molecule has 7 rings (SSSR count). The molecule has 0 aromatic heterocycles. The number of aliphatic hydroxyl groups is 1. The van der Waals surface area contributed by atoms with E-state index in [1.807, 2.05) is 24.3 Å². The molecule has 1 saturated carbocycles. The predicted molar refractivity (Wildman–Crippen MR) is 199 cm³/mol. The fourth-order valence-corrected chi connectivity index (χ4v) is 9.25. The SMILES string of the molecule is CN1CCN(CCCN2c3ccccc3Sc3ccc(C(F)(F)F)cc32)CC1.OC(CCN1CCCCC1)(c1ccccc1)C1CCCCC1. The Morgan fingerprint density at radius 3 is 2.02 bits per heavy atom. The third-order valence-electron chi connectivity index (χ3n) is 11.2. The minimum Gasteiger partial charge on any atom is -0.385 e. The second-order valence-corrected chi connectivity index (χ2v) is 15.8. The molecule has 1 N–H and O–H groups in total. The van der Waals surface area contributed by atoms with Crippen LogP contribution < -0.4 is 4.90 Å². The minimum absolute atomic E-state index is 0.438. The van der Waals surface area contributed by atoms with Crippen molar-refractivity contribution in [3.8, 4) is 0 Å². The Kier molecular flexibility index (Phi) is 12.9. The summed E-state index contributed by atoms with van der Waals surface area (Å²) in [7, 11) is 2.13. The molecule has 3 heterocycles. The van der Waals surface area contributed by atoms with Gasteiger partial charge in [0.15, 0.2) is 0 Å². The van der Waals surface area contributed by atoms with Crippen LogP contribution in [0.4, 0.5) is 24.5 Å². The van der Waals surface area contributed by atoms with Crippen LogP contribution in [0.15, 0.2) is 82.6 Å². The van der Waals surface area contributed by atoms with E-state index in [1.165, 1.54) is 76.6 Å². The molecule has 2 saturated heterocycles. The number of likely N-dealkylation sites (tertiary alicyclic amines) is 1. The number of alkyl halides is 3. The van der Waals surface area contributed by atoms with Gasteiger partial charge in [0, 0.05) is 49.1 Å². The Labute approximate surface area is 301 Å². The molecule has 0 radical (unpaired) electrons. The highest BCUT2D eigenvalue weighted by molar-refractivity contribution is 7.99. The van der Waals surface area contributed by atoms with Crippen molar-refractivity contribution >= 4 is 23.1 Å². The molecule has 9 heteroatoms. The highest BCUT2D eigenvalue weighted by atomic mass is 32.2. The van der Waals surface area contributed by atoms with Crippen molar-refractivity contribution in [2.75, 3.05) is 70.9 Å². The zero-order chi connectivity index (χ0) is 35.0. The van der Waals surface area contributed by atoms with Crippen molar-refractivity contribution in [2.45, 2.75) is 85.8 Å². The molecular weight excluding hydrogens is 654 g/mol. The van der Waals surface area contributed by atoms with E-state index in [0.717, 1.165) is 73.2 Å². The number of rotatable bonds is 9. The molecule has 5 nitrogen and oxygen atoms in total. The van der Waals surface area contributed by atoms with Gasteiger partial charge < -0.3 is 24.7 Å². The maximum atomic E-state index is 13.3. The number of para-hydroxylation sites is 1. The number of hydrogen-bond acceptors (Lipinski definition) is 6. The van der Waals surface area contributed by atoms with Crippen LogP contribution in [0.3, 0.4) is 0 Å². The summed E-state index contributed by atoms with van der Waals surface area (Å²) in [6.07, 6.45) is 7.78. The Hall–Kier alpha value is -2.56. The zero-order valence-corrected chi connectivity index (χ0v) is 30.5. The van der Waals surface area contributed by atoms with Gasteiger partial charge in [-0.25, -0.2) is 0 Å². The lowest BCUT2D eigenvalue weighted by Gasteiger charge is -2.40. The van der Waals surface area contributed by atoms with Crippen LogP contribution >= 0.6 is 11.8 Å². The summed E-state index contributed by atoms with van der Waals surface area (Å²) in [6, 6.07) is 22.5. The maximum Gasteiger partial charge on any atom is 0.416 e. The van der Waals surface area contributed by atoms with Gasteiger partial charge in [0.05, 0.1) is 22.5 Å². The number of fused-ring (bicyclic) bond motifs is 2. The van der Waals surface area contributed by atoms with Gasteiger partial charge in [0.2, 0.25) is 0 Å². The highest BCUT2D eigenvalue weighted by Gasteiger charge is 2.39. The first-order chi connectivity index (χ1) is 24.2. The lowest BCUT2D eigenvalue weighted by atomic mass is 9.71. The Bertz CT molecular complexity index is 1490. The van der Waals surface area contributed by atoms with Crippen LogP contribution in [0.5, 0.6) is 0 Å². The molecule has 1 aliphatic carbocycles. The molecule has 3 fully saturated rings. The Morgan fingerprint density at radius 2 is 1.30 bits per heavy atom. The monoisotopic (exact) mass is 708 g/mol. The van der Waals surface area contributed by atoms with E-state index >= 15 is 0 Å². The maximum absolute atomic E-state index is 13.3. The fraction of sp³-hybridized carbons (Fsp3) is 0.561. The van der Waals surface area contributed by atoms with Crippen molar-refractivity contribution in [3.05, 3.63) is 83.9 Å². The molecule has 3 aromatic rings. The summed E-state index contributed by atoms with van der Waals surface area (Å²) in [5, 5.41) is 11.6. The summed E-state index contributed by atoms with van der Waals surface area (Å²) in [5.41, 5.74) is 1.59. The van der Waals surface area contributed by atoms with E-state index in [9.17, 15) is 18.3 Å². The van der Waals surface area contributed by atoms with Gasteiger partial charge in [-0.1, -0.05) is 79.9 Å². The second-order valence-electron chi connectivity index (χ2n) is 14.7. The van der Waals surface area contributed by atoms with Crippen LogP contribution in [0.25, 0.3) is 0 Å². The van der Waals surface area contributed by atoms with Crippen molar-refractivity contribution in [3.63, 3.8) is 0 Å². The van der Waals surface area contributed by atoms with E-state index in [-0.39, 0.29) is 0 Å². The summed E-state index contributed by atoms with van der Waals surface area (Å²) in [5.74, 6) is 0.438. The van der Waals surface area contributed by atoms with Gasteiger partial charge in [-0.15, -0.1) is 0 Å². The average molecular weight is 709 g/mol. The van der Waals surface area contributed by atoms with Gasteiger partial charge in [0.1, 0.15) is 0 Å². The summed E-state index contributed by atoms with van der Waals surface area (Å²) >= 11 is 1.54. The zero-order valence-electron chi connectivity index (χ0n) is 29.7. The number of halogens is 3. The molecule has 50 heavy (non-hydrogen) atoms. The van der Waals surface area contributed by atoms with Gasteiger partial charge in [-0.05, 0) is 107 Å². The topological polar surface area (TPSA) is 33.2 Å². The molecule has 0 bridgehead atoms. The minimum atomic E-state index is -4.33. The van der Waals surface area contributed by atoms with Crippen LogP contribution in [-0.4, -0.2) is 85.8 Å². The van der Waals surface area contributed by atoms with E-state index in [0.29, 0.717) is 18.2 Å². The van der Waals surface area contributed by atoms with Crippen LogP contribution in [0, 0.1) is 5.92 Å². The Balaban J connectivity index is 0.000000178. The molecule has 4 aliphatic rings. The first-order valence-corrected chi connectivity index (χ1v) is 19.7. The quantitative estimate of drug-likeness (QED) is 0.239. The standard InChI is InChI=1S/C21H24F3N3S.C20H31NO/c1-25-11-13-26(14-12-25)9-4-10-27-17-5-2-3-6-19(17)28-20-8-7-16(15-18(20)27)21(22,23)24;22-20(18-10-4-1-5-11-18,19-12-6-2-7-13-19)14-17-21-15-8-3-9-16-21/h2-3,5-8,15H,4,9-14H2,1H3;1,4-5,10-11,19,22H,2-3,6-9,12-17H2. The number of anilines is 2. The number of likely N-dealkylation sites (N-methyl/N-ethyl adjacent to an activating group) is 1. The third-order valence-corrected chi connectivity index (χ3v) is 12.3. The molecule has 0 amide bonds. The lowest BCUT2D eigenvalue weighted by molar-refractivity contribution is -0.137. The second kappa shape index (κ2) is 17.3. The van der Waals surface area contributed by atoms with E-state index in [4.69, 9.17) is 0 Å². The van der Waals surface area contributed by atoms with Crippen molar-refractivity contribution in [2.24, 2.45) is 5.92 Å². The van der Waals surface area contributed by atoms with Crippen LogP contribution in [0.2, 0.25) is 0 Å². The van der Waals surface area contributed by atoms with E-state index in [2.05, 4.69) is 57.0 Å². The molecule has 3 aromatic carbocycles. The number of nitrogens with zero attached hydrogens (tertiary/aromatic N) is 4. The molecule has 3 aliphatic heterocycles. The smallest absolute Gasteiger partial charge is 0.385 e. The number of piperidine rings is 1. The van der Waals surface area contributed by atoms with Gasteiger partial charge in [0.25, 0.3) is 0 Å². The number of hydrogen-bond donors (Lipinski definition) is 1. The predicted octanol–water partition coefficient (Wildman–Crippen LogP) is 9.28. The van der Waals surface area contributed by atoms with E-state index in [1.54, 1.807) is 17.8 Å². The van der Waals surface area contributed by atoms with E-state index < -0.39 is 17.3 Å². The van der Waals surface area contributed by atoms with Gasteiger partial charge in [-0.3, -0.25) is 0 Å². The highest BCUT2D eigenvalue weighted by Crippen LogP contribution is 2.49. The van der Waals surface area contributed by atoms with Gasteiger partial charge in [-0.2, -0.15) is 13.2 Å². The molecular formula is C41H55F3N4OS. The third kappa shape index (κ3) is 9.45. The molecule has 272 valence electrons. The number of piperazine rings is 1. The van der Waals surface area contributed by atoms with Gasteiger partial charge >= 0.3 is 6.18 Å². The van der Waals surface area contributed by atoms with Crippen LogP contribution in [-0.2, 0) is 11.8 Å². The molecule has 1 unspecified atom stereocenters. The first kappa shape index (κ1) is 37.2. The van der Waals surface area contributed by atoms with Crippen molar-refractivity contribution in [1.82, 2.24) is 14.7 Å². The fourth-order valence-electron chi connectivity index (χ4n) is 8.17. The summed E-state index contributed by atoms with van der Waals surface area (Å²) in [4.78, 5) is 11.4. The van der Waals surface area contributed by atoms with Crippen LogP contribution in [0.1, 0.15) is 75.3 Å². The summed E-state index contributed by atoms with van der Waals surface area (Å²) in [6.45, 7) is 9.40. The molecule has 1 atom stereocenters. The lowest BCUT2D eigenvalue weighted by Crippen LogP contribution is -2.45. The largest absolute Gasteiger partial charge is 0.416 e.